The molecule has 3 aromatic rings. The van der Waals surface area contributed by atoms with Crippen LogP contribution in [0.5, 0.6) is 0 Å². The van der Waals surface area contributed by atoms with E-state index in [4.69, 9.17) is 0 Å². The Labute approximate surface area is 185 Å². The van der Waals surface area contributed by atoms with Crippen LogP contribution >= 0.6 is 0 Å². The number of aromatic nitrogens is 1. The van der Waals surface area contributed by atoms with E-state index in [0.717, 1.165) is 37.3 Å². The van der Waals surface area contributed by atoms with E-state index in [1.54, 1.807) is 24.3 Å². The highest BCUT2D eigenvalue weighted by Crippen LogP contribution is 2.34. The van der Waals surface area contributed by atoms with Gasteiger partial charge in [0, 0.05) is 29.6 Å². The maximum Gasteiger partial charge on any atom is 0.433 e. The molecule has 0 bridgehead atoms. The van der Waals surface area contributed by atoms with Gasteiger partial charge in [0.25, 0.3) is 0 Å². The minimum Gasteiger partial charge on any atom is -0.382 e. The molecular formula is C25H26F3N3O. The van der Waals surface area contributed by atoms with Gasteiger partial charge in [0.15, 0.2) is 0 Å². The number of aryl methyl sites for hydroxylation is 1. The first kappa shape index (κ1) is 22.1. The third-order valence-corrected chi connectivity index (χ3v) is 5.94. The van der Waals surface area contributed by atoms with E-state index < -0.39 is 11.9 Å². The number of carbonyl (C=O) groups is 1. The van der Waals surface area contributed by atoms with Gasteiger partial charge in [-0.3, -0.25) is 4.79 Å². The van der Waals surface area contributed by atoms with Crippen molar-refractivity contribution in [1.29, 1.82) is 0 Å². The van der Waals surface area contributed by atoms with Crippen molar-refractivity contribution in [3.8, 4) is 0 Å². The topological polar surface area (TPSA) is 54.0 Å². The highest BCUT2D eigenvalue weighted by atomic mass is 19.4. The third-order valence-electron chi connectivity index (χ3n) is 5.94. The van der Waals surface area contributed by atoms with Gasteiger partial charge in [-0.15, -0.1) is 0 Å². The van der Waals surface area contributed by atoms with Gasteiger partial charge >= 0.3 is 6.18 Å². The number of rotatable bonds is 6. The molecule has 0 spiro atoms. The molecule has 32 heavy (non-hydrogen) atoms. The molecule has 0 atom stereocenters. The van der Waals surface area contributed by atoms with E-state index in [0.29, 0.717) is 29.4 Å². The first-order valence-electron chi connectivity index (χ1n) is 11.0. The lowest BCUT2D eigenvalue weighted by Gasteiger charge is -2.30. The molecule has 0 radical (unpaired) electrons. The van der Waals surface area contributed by atoms with E-state index in [1.165, 1.54) is 0 Å². The molecule has 4 rings (SSSR count). The summed E-state index contributed by atoms with van der Waals surface area (Å²) in [6, 6.07) is 18.0. The summed E-state index contributed by atoms with van der Waals surface area (Å²) in [6.07, 6.45) is -0.190. The Hall–Kier alpha value is -3.09. The predicted molar refractivity (Wildman–Crippen MR) is 119 cm³/mol. The summed E-state index contributed by atoms with van der Waals surface area (Å²) < 4.78 is 39.9. The number of nitrogens with zero attached hydrogens (tertiary/aromatic N) is 1. The Bertz CT molecular complexity index is 1060. The van der Waals surface area contributed by atoms with Gasteiger partial charge in [0.1, 0.15) is 5.69 Å². The summed E-state index contributed by atoms with van der Waals surface area (Å²) in [5, 5.41) is 7.09. The van der Waals surface area contributed by atoms with Crippen LogP contribution < -0.4 is 10.6 Å². The van der Waals surface area contributed by atoms with E-state index in [1.807, 2.05) is 30.3 Å². The van der Waals surface area contributed by atoms with E-state index in [9.17, 15) is 18.0 Å². The molecule has 0 saturated heterocycles. The number of anilines is 1. The van der Waals surface area contributed by atoms with Crippen molar-refractivity contribution in [2.45, 2.75) is 56.8 Å². The SMILES string of the molecule is O=C(CCc1ccccc1)N[C@H]1CC[C@@H](Nc2cc(C(F)(F)F)nc3ccccc23)CC1. The average Bonchev–Trinajstić information content (AvgIpc) is 2.79. The van der Waals surface area contributed by atoms with Crippen LogP contribution in [0.1, 0.15) is 43.4 Å². The Morgan fingerprint density at radius 2 is 1.59 bits per heavy atom. The van der Waals surface area contributed by atoms with Crippen molar-refractivity contribution in [3.63, 3.8) is 0 Å². The van der Waals surface area contributed by atoms with E-state index in [-0.39, 0.29) is 18.0 Å². The van der Waals surface area contributed by atoms with Crippen LogP contribution in [0, 0.1) is 0 Å². The number of pyridine rings is 1. The summed E-state index contributed by atoms with van der Waals surface area (Å²) in [4.78, 5) is 16.1. The highest BCUT2D eigenvalue weighted by molar-refractivity contribution is 5.91. The molecule has 4 nitrogen and oxygen atoms in total. The number of hydrogen-bond donors (Lipinski definition) is 2. The summed E-state index contributed by atoms with van der Waals surface area (Å²) in [5.74, 6) is 0.0419. The fourth-order valence-electron chi connectivity index (χ4n) is 4.24. The molecule has 1 heterocycles. The minimum atomic E-state index is -4.50. The number of hydrogen-bond acceptors (Lipinski definition) is 3. The van der Waals surface area contributed by atoms with Gasteiger partial charge in [0.05, 0.1) is 5.52 Å². The van der Waals surface area contributed by atoms with Gasteiger partial charge in [0.2, 0.25) is 5.91 Å². The molecule has 7 heteroatoms. The van der Waals surface area contributed by atoms with Gasteiger partial charge in [-0.05, 0) is 49.8 Å². The van der Waals surface area contributed by atoms with Gasteiger partial charge in [-0.1, -0.05) is 48.5 Å². The largest absolute Gasteiger partial charge is 0.433 e. The first-order chi connectivity index (χ1) is 15.4. The number of nitrogens with one attached hydrogen (secondary N) is 2. The second-order valence-corrected chi connectivity index (χ2v) is 8.32. The zero-order chi connectivity index (χ0) is 22.6. The number of amides is 1. The molecule has 1 fully saturated rings. The fraction of sp³-hybridized carbons (Fsp3) is 0.360. The van der Waals surface area contributed by atoms with Gasteiger partial charge in [-0.25, -0.2) is 4.98 Å². The molecule has 0 aliphatic heterocycles. The Morgan fingerprint density at radius 3 is 2.31 bits per heavy atom. The van der Waals surface area contributed by atoms with Crippen LogP contribution in [0.25, 0.3) is 10.9 Å². The van der Waals surface area contributed by atoms with Crippen molar-refractivity contribution in [2.75, 3.05) is 5.32 Å². The number of carbonyl (C=O) groups excluding carboxylic acids is 1. The Morgan fingerprint density at radius 1 is 0.938 bits per heavy atom. The number of halogens is 3. The number of alkyl halides is 3. The van der Waals surface area contributed by atoms with Crippen molar-refractivity contribution in [2.24, 2.45) is 0 Å². The van der Waals surface area contributed by atoms with Crippen LogP contribution in [0.3, 0.4) is 0 Å². The Balaban J connectivity index is 1.33. The highest BCUT2D eigenvalue weighted by Gasteiger charge is 2.33. The van der Waals surface area contributed by atoms with Crippen molar-refractivity contribution >= 4 is 22.5 Å². The van der Waals surface area contributed by atoms with Gasteiger partial charge < -0.3 is 10.6 Å². The number of para-hydroxylation sites is 1. The van der Waals surface area contributed by atoms with Crippen LogP contribution in [0.2, 0.25) is 0 Å². The number of fused-ring (bicyclic) bond motifs is 1. The molecule has 2 aromatic carbocycles. The van der Waals surface area contributed by atoms with Crippen LogP contribution in [0.15, 0.2) is 60.7 Å². The molecule has 168 valence electrons. The molecule has 0 unspecified atom stereocenters. The smallest absolute Gasteiger partial charge is 0.382 e. The molecular weight excluding hydrogens is 415 g/mol. The van der Waals surface area contributed by atoms with Crippen LogP contribution in [-0.4, -0.2) is 23.0 Å². The van der Waals surface area contributed by atoms with Crippen molar-refractivity contribution in [3.05, 3.63) is 71.9 Å². The zero-order valence-corrected chi connectivity index (χ0v) is 17.7. The Kier molecular flexibility index (Phi) is 6.63. The maximum atomic E-state index is 13.3. The monoisotopic (exact) mass is 441 g/mol. The molecule has 1 aliphatic carbocycles. The fourth-order valence-corrected chi connectivity index (χ4v) is 4.24. The lowest BCUT2D eigenvalue weighted by atomic mass is 9.90. The minimum absolute atomic E-state index is 0.0419. The summed E-state index contributed by atoms with van der Waals surface area (Å²) in [6.45, 7) is 0. The standard InChI is InChI=1S/C25H26F3N3O/c26-25(27,28)23-16-22(20-8-4-5-9-21(20)31-23)29-18-11-13-19(14-12-18)30-24(32)15-10-17-6-2-1-3-7-17/h1-9,16,18-19H,10-15H2,(H,29,31)(H,30,32)/t18-,19+. The summed E-state index contributed by atoms with van der Waals surface area (Å²) in [7, 11) is 0. The lowest BCUT2D eigenvalue weighted by Crippen LogP contribution is -2.40. The normalized spacial score (nSPS) is 19.0. The lowest BCUT2D eigenvalue weighted by molar-refractivity contribution is -0.140. The number of benzene rings is 2. The maximum absolute atomic E-state index is 13.3. The third kappa shape index (κ3) is 5.58. The molecule has 1 amide bonds. The average molecular weight is 441 g/mol. The molecule has 2 N–H and O–H groups in total. The summed E-state index contributed by atoms with van der Waals surface area (Å²) >= 11 is 0. The van der Waals surface area contributed by atoms with E-state index in [2.05, 4.69) is 15.6 Å². The second-order valence-electron chi connectivity index (χ2n) is 8.32. The second kappa shape index (κ2) is 9.59. The zero-order valence-electron chi connectivity index (χ0n) is 17.7. The van der Waals surface area contributed by atoms with Crippen LogP contribution in [-0.2, 0) is 17.4 Å². The molecule has 1 aliphatic rings. The molecule has 1 saturated carbocycles. The van der Waals surface area contributed by atoms with Crippen LogP contribution in [0.4, 0.5) is 18.9 Å². The van der Waals surface area contributed by atoms with Gasteiger partial charge in [-0.2, -0.15) is 13.2 Å². The van der Waals surface area contributed by atoms with E-state index >= 15 is 0 Å². The molecule has 1 aromatic heterocycles. The predicted octanol–water partition coefficient (Wildman–Crippen LogP) is 5.73. The quantitative estimate of drug-likeness (QED) is 0.514. The summed E-state index contributed by atoms with van der Waals surface area (Å²) in [5.41, 5.74) is 1.03. The van der Waals surface area contributed by atoms with Crippen molar-refractivity contribution < 1.29 is 18.0 Å². The first-order valence-corrected chi connectivity index (χ1v) is 11.0. The van der Waals surface area contributed by atoms with Crippen molar-refractivity contribution in [1.82, 2.24) is 10.3 Å².